The molecule has 0 saturated carbocycles. The lowest BCUT2D eigenvalue weighted by Gasteiger charge is -2.14. The molecule has 0 atom stereocenters. The second-order valence-electron chi connectivity index (χ2n) is 5.65. The molecular weight excluding hydrogens is 399 g/mol. The summed E-state index contributed by atoms with van der Waals surface area (Å²) in [6, 6.07) is 5.17. The number of aryl methyl sites for hydroxylation is 1. The average molecular weight is 412 g/mol. The molecule has 0 bridgehead atoms. The van der Waals surface area contributed by atoms with E-state index in [0.29, 0.717) is 17.1 Å². The van der Waals surface area contributed by atoms with Crippen LogP contribution in [-0.4, -0.2) is 21.1 Å². The molecule has 3 rings (SSSR count). The predicted molar refractivity (Wildman–Crippen MR) is 97.9 cm³/mol. The number of hydrogen-bond donors (Lipinski definition) is 0. The fourth-order valence-corrected chi connectivity index (χ4v) is 2.87. The van der Waals surface area contributed by atoms with Gasteiger partial charge in [0.1, 0.15) is 22.5 Å². The summed E-state index contributed by atoms with van der Waals surface area (Å²) in [4.78, 5) is 20.0. The van der Waals surface area contributed by atoms with Crippen LogP contribution in [-0.2, 0) is 6.42 Å². The summed E-state index contributed by atoms with van der Waals surface area (Å²) < 4.78 is 33.3. The first-order valence-corrected chi connectivity index (χ1v) is 8.58. The summed E-state index contributed by atoms with van der Waals surface area (Å²) in [5.74, 6) is -1.17. The molecule has 0 unspecified atom stereocenters. The summed E-state index contributed by atoms with van der Waals surface area (Å²) in [6.07, 6.45) is 2.42. The molecule has 3 aromatic heterocycles. The molecule has 3 heterocycles. The summed E-state index contributed by atoms with van der Waals surface area (Å²) in [6.45, 7) is 1.78. The van der Waals surface area contributed by atoms with E-state index in [0.717, 1.165) is 12.3 Å². The van der Waals surface area contributed by atoms with Crippen molar-refractivity contribution in [2.45, 2.75) is 13.3 Å². The Morgan fingerprint density at radius 3 is 2.59 bits per heavy atom. The normalized spacial score (nSPS) is 10.9. The van der Waals surface area contributed by atoms with Gasteiger partial charge in [0.25, 0.3) is 5.56 Å². The van der Waals surface area contributed by atoms with Crippen molar-refractivity contribution in [3.05, 3.63) is 80.2 Å². The van der Waals surface area contributed by atoms with Crippen molar-refractivity contribution in [1.29, 1.82) is 0 Å². The fraction of sp³-hybridized carbons (Fsp3) is 0.167. The van der Waals surface area contributed by atoms with E-state index in [1.807, 2.05) is 0 Å². The Morgan fingerprint density at radius 2 is 1.89 bits per heavy atom. The maximum absolute atomic E-state index is 13.6. The molecule has 3 aromatic rings. The van der Waals surface area contributed by atoms with Crippen LogP contribution in [0.25, 0.3) is 5.69 Å². The van der Waals surface area contributed by atoms with E-state index in [-0.39, 0.29) is 34.5 Å². The summed E-state index contributed by atoms with van der Waals surface area (Å²) >= 11 is 12.0. The van der Waals surface area contributed by atoms with Gasteiger partial charge in [0, 0.05) is 42.6 Å². The molecule has 0 aromatic carbocycles. The quantitative estimate of drug-likeness (QED) is 0.591. The fourth-order valence-electron chi connectivity index (χ4n) is 2.53. The maximum atomic E-state index is 13.6. The van der Waals surface area contributed by atoms with Crippen LogP contribution in [0.5, 0.6) is 5.75 Å². The van der Waals surface area contributed by atoms with E-state index in [1.165, 1.54) is 22.9 Å². The number of pyridine rings is 3. The average Bonchev–Trinajstić information content (AvgIpc) is 2.59. The number of aromatic nitrogens is 3. The Kier molecular flexibility index (Phi) is 5.72. The number of ether oxygens (including phenoxy) is 1. The Bertz CT molecular complexity index is 1060. The molecule has 0 aliphatic heterocycles. The second-order valence-corrected chi connectivity index (χ2v) is 6.44. The van der Waals surface area contributed by atoms with Gasteiger partial charge in [-0.15, -0.1) is 0 Å². The molecule has 0 saturated heterocycles. The number of hydrogen-bond acceptors (Lipinski definition) is 4. The largest absolute Gasteiger partial charge is 0.493 e. The molecular formula is C18H13Cl2F2N3O2. The van der Waals surface area contributed by atoms with Crippen LogP contribution < -0.4 is 10.3 Å². The van der Waals surface area contributed by atoms with Gasteiger partial charge in [0.15, 0.2) is 0 Å². The molecule has 0 N–H and O–H groups in total. The van der Waals surface area contributed by atoms with Gasteiger partial charge in [-0.2, -0.15) is 0 Å². The highest BCUT2D eigenvalue weighted by Gasteiger charge is 2.12. The van der Waals surface area contributed by atoms with E-state index in [2.05, 4.69) is 9.97 Å². The zero-order valence-electron chi connectivity index (χ0n) is 14.0. The van der Waals surface area contributed by atoms with Gasteiger partial charge in [-0.05, 0) is 6.92 Å². The molecule has 5 nitrogen and oxygen atoms in total. The Morgan fingerprint density at radius 1 is 1.11 bits per heavy atom. The summed E-state index contributed by atoms with van der Waals surface area (Å²) in [5.41, 5.74) is 0.677. The Balaban J connectivity index is 1.79. The Labute approximate surface area is 163 Å². The third-order valence-corrected chi connectivity index (χ3v) is 4.22. The molecule has 140 valence electrons. The van der Waals surface area contributed by atoms with E-state index in [4.69, 9.17) is 27.9 Å². The monoisotopic (exact) mass is 411 g/mol. The van der Waals surface area contributed by atoms with Crippen molar-refractivity contribution in [2.75, 3.05) is 6.61 Å². The van der Waals surface area contributed by atoms with Crippen molar-refractivity contribution >= 4 is 23.2 Å². The Hall–Kier alpha value is -2.51. The molecule has 27 heavy (non-hydrogen) atoms. The molecule has 0 aliphatic rings. The molecule has 0 aliphatic carbocycles. The highest BCUT2D eigenvalue weighted by Crippen LogP contribution is 2.23. The van der Waals surface area contributed by atoms with Gasteiger partial charge in [-0.25, -0.2) is 13.8 Å². The van der Waals surface area contributed by atoms with Gasteiger partial charge in [-0.3, -0.25) is 14.3 Å². The smallest absolute Gasteiger partial charge is 0.259 e. The summed E-state index contributed by atoms with van der Waals surface area (Å²) in [5, 5.41) is 0.478. The second kappa shape index (κ2) is 8.02. The molecule has 0 spiro atoms. The standard InChI is InChI=1S/C18H13Cl2F2N3O2/c1-10-4-12(27-3-2-15-14(22)5-11(21)8-23-15)6-18(26)25(10)16-7-17(20)24-9-13(16)19/h4-9H,2-3H2,1H3. The van der Waals surface area contributed by atoms with Crippen molar-refractivity contribution in [3.8, 4) is 11.4 Å². The van der Waals surface area contributed by atoms with Crippen LogP contribution in [0.2, 0.25) is 10.2 Å². The number of nitrogens with zero attached hydrogens (tertiary/aromatic N) is 3. The van der Waals surface area contributed by atoms with Crippen molar-refractivity contribution in [2.24, 2.45) is 0 Å². The van der Waals surface area contributed by atoms with E-state index in [1.54, 1.807) is 13.0 Å². The SMILES string of the molecule is Cc1cc(OCCc2ncc(F)cc2F)cc(=O)n1-c1cc(Cl)ncc1Cl. The summed E-state index contributed by atoms with van der Waals surface area (Å²) in [7, 11) is 0. The maximum Gasteiger partial charge on any atom is 0.259 e. The zero-order valence-corrected chi connectivity index (χ0v) is 15.6. The first-order valence-electron chi connectivity index (χ1n) is 7.83. The number of halogens is 4. The van der Waals surface area contributed by atoms with E-state index < -0.39 is 11.6 Å². The minimum absolute atomic E-state index is 0.0697. The first-order chi connectivity index (χ1) is 12.8. The third kappa shape index (κ3) is 4.43. The van der Waals surface area contributed by atoms with Crippen LogP contribution in [0.1, 0.15) is 11.4 Å². The van der Waals surface area contributed by atoms with Gasteiger partial charge in [-0.1, -0.05) is 23.2 Å². The lowest BCUT2D eigenvalue weighted by Crippen LogP contribution is -2.20. The minimum atomic E-state index is -0.744. The van der Waals surface area contributed by atoms with Crippen molar-refractivity contribution < 1.29 is 13.5 Å². The predicted octanol–water partition coefficient (Wildman–Crippen LogP) is 4.14. The number of rotatable bonds is 5. The van der Waals surface area contributed by atoms with Gasteiger partial charge < -0.3 is 4.74 Å². The van der Waals surface area contributed by atoms with Crippen LogP contribution in [0.15, 0.2) is 41.5 Å². The first kappa shape index (κ1) is 19.3. The van der Waals surface area contributed by atoms with Gasteiger partial charge in [0.2, 0.25) is 0 Å². The van der Waals surface area contributed by atoms with Gasteiger partial charge >= 0.3 is 0 Å². The molecule has 0 amide bonds. The molecule has 0 radical (unpaired) electrons. The molecule has 0 fully saturated rings. The zero-order chi connectivity index (χ0) is 19.6. The topological polar surface area (TPSA) is 57.0 Å². The van der Waals surface area contributed by atoms with Crippen molar-refractivity contribution in [3.63, 3.8) is 0 Å². The lowest BCUT2D eigenvalue weighted by molar-refractivity contribution is 0.316. The van der Waals surface area contributed by atoms with Gasteiger partial charge in [0.05, 0.1) is 29.2 Å². The van der Waals surface area contributed by atoms with E-state index in [9.17, 15) is 13.6 Å². The van der Waals surface area contributed by atoms with Crippen LogP contribution >= 0.6 is 23.2 Å². The highest BCUT2D eigenvalue weighted by molar-refractivity contribution is 6.33. The van der Waals surface area contributed by atoms with Crippen LogP contribution in [0.4, 0.5) is 8.78 Å². The van der Waals surface area contributed by atoms with Crippen molar-refractivity contribution in [1.82, 2.24) is 14.5 Å². The van der Waals surface area contributed by atoms with E-state index >= 15 is 0 Å². The highest BCUT2D eigenvalue weighted by atomic mass is 35.5. The third-order valence-electron chi connectivity index (χ3n) is 3.72. The molecule has 9 heteroatoms. The van der Waals surface area contributed by atoms with Crippen LogP contribution in [0, 0.1) is 18.6 Å². The van der Waals surface area contributed by atoms with Crippen LogP contribution in [0.3, 0.4) is 0 Å². The lowest BCUT2D eigenvalue weighted by atomic mass is 10.2. The minimum Gasteiger partial charge on any atom is -0.493 e.